The first kappa shape index (κ1) is 13.9. The lowest BCUT2D eigenvalue weighted by molar-refractivity contribution is 0.0417. The van der Waals surface area contributed by atoms with Gasteiger partial charge in [0.2, 0.25) is 0 Å². The number of fused-ring (bicyclic) bond motifs is 5. The molecular weight excluding hydrogens is 277 g/mol. The van der Waals surface area contributed by atoms with Crippen LogP contribution in [0.25, 0.3) is 0 Å². The Morgan fingerprint density at radius 3 is 2.82 bits per heavy atom. The molecule has 0 spiro atoms. The van der Waals surface area contributed by atoms with Crippen LogP contribution in [-0.2, 0) is 11.2 Å². The molecule has 22 heavy (non-hydrogen) atoms. The van der Waals surface area contributed by atoms with Crippen molar-refractivity contribution < 1.29 is 9.13 Å². The van der Waals surface area contributed by atoms with Crippen molar-refractivity contribution in [2.75, 3.05) is 13.6 Å². The van der Waals surface area contributed by atoms with Crippen molar-refractivity contribution in [2.45, 2.75) is 31.0 Å². The van der Waals surface area contributed by atoms with Crippen LogP contribution in [0, 0.1) is 5.82 Å². The van der Waals surface area contributed by atoms with Crippen LogP contribution in [0.15, 0.2) is 42.5 Å². The van der Waals surface area contributed by atoms with Crippen molar-refractivity contribution in [3.63, 3.8) is 0 Å². The fraction of sp³-hybridized carbons (Fsp3) is 0.368. The van der Waals surface area contributed by atoms with Crippen LogP contribution in [0.2, 0.25) is 0 Å². The number of hydrogen-bond donors (Lipinski definition) is 1. The summed E-state index contributed by atoms with van der Waals surface area (Å²) >= 11 is 0. The normalized spacial score (nSPS) is 26.0. The van der Waals surface area contributed by atoms with E-state index in [0.29, 0.717) is 5.92 Å². The molecule has 0 aromatic heterocycles. The lowest BCUT2D eigenvalue weighted by Crippen LogP contribution is -2.23. The van der Waals surface area contributed by atoms with E-state index in [9.17, 15) is 4.39 Å². The van der Waals surface area contributed by atoms with Gasteiger partial charge >= 0.3 is 0 Å². The summed E-state index contributed by atoms with van der Waals surface area (Å²) in [6, 6.07) is 13.7. The first-order chi connectivity index (χ1) is 10.8. The van der Waals surface area contributed by atoms with E-state index in [1.54, 1.807) is 12.1 Å². The van der Waals surface area contributed by atoms with Gasteiger partial charge in [0.1, 0.15) is 5.82 Å². The van der Waals surface area contributed by atoms with Gasteiger partial charge < -0.3 is 10.1 Å². The van der Waals surface area contributed by atoms with E-state index in [1.807, 2.05) is 13.1 Å². The van der Waals surface area contributed by atoms with Crippen LogP contribution in [0.4, 0.5) is 4.39 Å². The lowest BCUT2D eigenvalue weighted by Gasteiger charge is -2.19. The Hall–Kier alpha value is -1.71. The zero-order chi connectivity index (χ0) is 15.1. The third-order valence-electron chi connectivity index (χ3n) is 4.90. The van der Waals surface area contributed by atoms with Crippen molar-refractivity contribution in [3.8, 4) is 0 Å². The number of ether oxygens (including phenoxy) is 1. The Morgan fingerprint density at radius 1 is 1.14 bits per heavy atom. The highest BCUT2D eigenvalue weighted by molar-refractivity contribution is 5.45. The second-order valence-corrected chi connectivity index (χ2v) is 6.30. The summed E-state index contributed by atoms with van der Waals surface area (Å²) in [6.07, 6.45) is 1.99. The van der Waals surface area contributed by atoms with Crippen LogP contribution in [0.5, 0.6) is 0 Å². The first-order valence-corrected chi connectivity index (χ1v) is 7.92. The third kappa shape index (κ3) is 2.25. The van der Waals surface area contributed by atoms with Crippen molar-refractivity contribution in [3.05, 3.63) is 70.5 Å². The smallest absolute Gasteiger partial charge is 0.123 e. The Morgan fingerprint density at radius 2 is 1.95 bits per heavy atom. The summed E-state index contributed by atoms with van der Waals surface area (Å²) in [6.45, 7) is 0.833. The predicted octanol–water partition coefficient (Wildman–Crippen LogP) is 3.56. The molecule has 2 aliphatic rings. The van der Waals surface area contributed by atoms with Crippen molar-refractivity contribution in [1.82, 2.24) is 5.32 Å². The van der Waals surface area contributed by atoms with Crippen LogP contribution >= 0.6 is 0 Å². The van der Waals surface area contributed by atoms with E-state index in [0.717, 1.165) is 24.9 Å². The minimum Gasteiger partial charge on any atom is -0.368 e. The molecule has 0 radical (unpaired) electrons. The minimum absolute atomic E-state index is 0.0345. The van der Waals surface area contributed by atoms with Crippen molar-refractivity contribution in [1.29, 1.82) is 0 Å². The molecule has 1 fully saturated rings. The van der Waals surface area contributed by atoms with Gasteiger partial charge in [0.15, 0.2) is 0 Å². The standard InChI is InChI=1S/C19H20FNO/c1-21-11-15-10-18-16-5-3-2-4-12(16)8-13-6-7-14(20)9-17(13)19(18)22-15/h2-7,9,15,18-19,21H,8,10-11H2,1H3. The molecule has 1 aliphatic carbocycles. The lowest BCUT2D eigenvalue weighted by atomic mass is 9.87. The number of rotatable bonds is 2. The van der Waals surface area contributed by atoms with E-state index in [2.05, 4.69) is 29.6 Å². The van der Waals surface area contributed by atoms with Gasteiger partial charge in [-0.3, -0.25) is 0 Å². The SMILES string of the molecule is CNCC1CC2c3ccccc3Cc3ccc(F)cc3C2O1. The van der Waals surface area contributed by atoms with E-state index in [4.69, 9.17) is 4.74 Å². The number of halogens is 1. The number of benzene rings is 2. The molecule has 2 aromatic rings. The van der Waals surface area contributed by atoms with Gasteiger partial charge in [-0.05, 0) is 54.3 Å². The minimum atomic E-state index is -0.177. The monoisotopic (exact) mass is 297 g/mol. The fourth-order valence-electron chi connectivity index (χ4n) is 3.96. The van der Waals surface area contributed by atoms with Gasteiger partial charge in [0.05, 0.1) is 12.2 Å². The molecule has 0 saturated carbocycles. The summed E-state index contributed by atoms with van der Waals surface area (Å²) in [7, 11) is 1.94. The van der Waals surface area contributed by atoms with Gasteiger partial charge in [-0.15, -0.1) is 0 Å². The Balaban J connectivity index is 1.84. The third-order valence-corrected chi connectivity index (χ3v) is 4.90. The molecule has 114 valence electrons. The molecule has 1 heterocycles. The summed E-state index contributed by atoms with van der Waals surface area (Å²) in [5, 5.41) is 3.20. The number of nitrogens with one attached hydrogen (secondary N) is 1. The summed E-state index contributed by atoms with van der Waals surface area (Å²) in [4.78, 5) is 0. The van der Waals surface area contributed by atoms with Crippen molar-refractivity contribution in [2.24, 2.45) is 0 Å². The Bertz CT molecular complexity index is 700. The molecular formula is C19H20FNO. The molecule has 2 aromatic carbocycles. The van der Waals surface area contributed by atoms with E-state index < -0.39 is 0 Å². The van der Waals surface area contributed by atoms with Crippen LogP contribution in [0.1, 0.15) is 40.7 Å². The largest absolute Gasteiger partial charge is 0.368 e. The maximum absolute atomic E-state index is 13.8. The molecule has 0 bridgehead atoms. The Kier molecular flexibility index (Phi) is 3.47. The molecule has 3 heteroatoms. The summed E-state index contributed by atoms with van der Waals surface area (Å²) in [5.41, 5.74) is 4.92. The van der Waals surface area contributed by atoms with Gasteiger partial charge in [-0.25, -0.2) is 4.39 Å². The van der Waals surface area contributed by atoms with Gasteiger partial charge in [-0.1, -0.05) is 30.3 Å². The fourth-order valence-corrected chi connectivity index (χ4v) is 3.96. The molecule has 1 N–H and O–H groups in total. The topological polar surface area (TPSA) is 21.3 Å². The zero-order valence-electron chi connectivity index (χ0n) is 12.7. The van der Waals surface area contributed by atoms with Gasteiger partial charge in [0.25, 0.3) is 0 Å². The highest BCUT2D eigenvalue weighted by Crippen LogP contribution is 2.49. The molecule has 1 saturated heterocycles. The number of hydrogen-bond acceptors (Lipinski definition) is 2. The predicted molar refractivity (Wildman–Crippen MR) is 84.5 cm³/mol. The second-order valence-electron chi connectivity index (χ2n) is 6.30. The van der Waals surface area contributed by atoms with Crippen LogP contribution in [0.3, 0.4) is 0 Å². The molecule has 4 rings (SSSR count). The molecule has 3 atom stereocenters. The van der Waals surface area contributed by atoms with E-state index in [1.165, 1.54) is 16.7 Å². The molecule has 2 nitrogen and oxygen atoms in total. The average Bonchev–Trinajstić information content (AvgIpc) is 2.89. The second kappa shape index (κ2) is 5.49. The molecule has 1 aliphatic heterocycles. The quantitative estimate of drug-likeness (QED) is 0.915. The first-order valence-electron chi connectivity index (χ1n) is 7.92. The molecule has 3 unspecified atom stereocenters. The van der Waals surface area contributed by atoms with Crippen LogP contribution in [-0.4, -0.2) is 19.7 Å². The molecule has 0 amide bonds. The average molecular weight is 297 g/mol. The summed E-state index contributed by atoms with van der Waals surface area (Å²) < 4.78 is 20.1. The van der Waals surface area contributed by atoms with Crippen LogP contribution < -0.4 is 5.32 Å². The van der Waals surface area contributed by atoms with E-state index in [-0.39, 0.29) is 18.0 Å². The highest BCUT2D eigenvalue weighted by atomic mass is 19.1. The summed E-state index contributed by atoms with van der Waals surface area (Å²) in [5.74, 6) is 0.140. The van der Waals surface area contributed by atoms with Crippen molar-refractivity contribution >= 4 is 0 Å². The maximum atomic E-state index is 13.8. The maximum Gasteiger partial charge on any atom is 0.123 e. The number of likely N-dealkylation sites (N-methyl/N-ethyl adjacent to an activating group) is 1. The van der Waals surface area contributed by atoms with Gasteiger partial charge in [0, 0.05) is 12.5 Å². The van der Waals surface area contributed by atoms with Gasteiger partial charge in [-0.2, -0.15) is 0 Å². The zero-order valence-corrected chi connectivity index (χ0v) is 12.7. The Labute approximate surface area is 130 Å². The van der Waals surface area contributed by atoms with E-state index >= 15 is 0 Å². The highest BCUT2D eigenvalue weighted by Gasteiger charge is 2.40.